The van der Waals surface area contributed by atoms with Gasteiger partial charge in [-0.25, -0.2) is 4.98 Å². The molecule has 3 aromatic rings. The van der Waals surface area contributed by atoms with E-state index in [1.54, 1.807) is 0 Å². The van der Waals surface area contributed by atoms with E-state index in [1.165, 1.54) is 0 Å². The van der Waals surface area contributed by atoms with E-state index >= 15 is 0 Å². The molecule has 4 rings (SSSR count). The molecular formula is C20H20ClN3O2. The van der Waals surface area contributed by atoms with Gasteiger partial charge in [0.15, 0.2) is 11.5 Å². The highest BCUT2D eigenvalue weighted by Gasteiger charge is 2.29. The van der Waals surface area contributed by atoms with Gasteiger partial charge in [0.05, 0.1) is 6.04 Å². The summed E-state index contributed by atoms with van der Waals surface area (Å²) >= 11 is 6.35. The molecule has 2 aromatic carbocycles. The summed E-state index contributed by atoms with van der Waals surface area (Å²) in [4.78, 5) is 19.2. The van der Waals surface area contributed by atoms with Crippen LogP contribution in [0.2, 0.25) is 5.02 Å². The highest BCUT2D eigenvalue weighted by atomic mass is 35.5. The Labute approximate surface area is 157 Å². The van der Waals surface area contributed by atoms with Crippen LogP contribution in [0.4, 0.5) is 0 Å². The van der Waals surface area contributed by atoms with E-state index in [9.17, 15) is 4.79 Å². The minimum absolute atomic E-state index is 0.0476. The zero-order valence-electron chi connectivity index (χ0n) is 14.3. The smallest absolute Gasteiger partial charge is 0.223 e. The first kappa shape index (κ1) is 17.1. The average Bonchev–Trinajstić information content (AvgIpc) is 3.09. The van der Waals surface area contributed by atoms with Crippen LogP contribution < -0.4 is 5.32 Å². The van der Waals surface area contributed by atoms with Gasteiger partial charge < -0.3 is 14.6 Å². The highest BCUT2D eigenvalue weighted by molar-refractivity contribution is 6.31. The number of nitrogens with one attached hydrogen (secondary N) is 1. The Morgan fingerprint density at radius 1 is 1.23 bits per heavy atom. The number of aryl methyl sites for hydroxylation is 1. The Bertz CT molecular complexity index is 891. The number of hydrogen-bond donors (Lipinski definition) is 1. The summed E-state index contributed by atoms with van der Waals surface area (Å²) in [6.07, 6.45) is 0.862. The molecule has 2 heterocycles. The monoisotopic (exact) mass is 369 g/mol. The van der Waals surface area contributed by atoms with Crippen molar-refractivity contribution in [2.45, 2.75) is 18.9 Å². The first-order chi connectivity index (χ1) is 12.7. The van der Waals surface area contributed by atoms with E-state index < -0.39 is 0 Å². The lowest BCUT2D eigenvalue weighted by molar-refractivity contribution is -0.134. The fourth-order valence-electron chi connectivity index (χ4n) is 3.41. The molecule has 0 bridgehead atoms. The van der Waals surface area contributed by atoms with Gasteiger partial charge in [-0.15, -0.1) is 0 Å². The molecule has 134 valence electrons. The Morgan fingerprint density at radius 2 is 2.04 bits per heavy atom. The number of carbonyl (C=O) groups is 1. The minimum atomic E-state index is -0.0476. The van der Waals surface area contributed by atoms with Crippen LogP contribution in [-0.2, 0) is 11.2 Å². The van der Waals surface area contributed by atoms with Crippen molar-refractivity contribution >= 4 is 28.6 Å². The number of fused-ring (bicyclic) bond motifs is 1. The van der Waals surface area contributed by atoms with Crippen molar-refractivity contribution in [1.82, 2.24) is 15.2 Å². The predicted octanol–water partition coefficient (Wildman–Crippen LogP) is 3.59. The van der Waals surface area contributed by atoms with Crippen LogP contribution in [-0.4, -0.2) is 35.4 Å². The number of benzene rings is 2. The lowest BCUT2D eigenvalue weighted by atomic mass is 10.0. The first-order valence-corrected chi connectivity index (χ1v) is 9.19. The number of rotatable bonds is 4. The molecule has 0 spiro atoms. The Kier molecular flexibility index (Phi) is 4.91. The molecule has 1 aliphatic rings. The molecule has 1 N–H and O–H groups in total. The van der Waals surface area contributed by atoms with E-state index in [4.69, 9.17) is 16.0 Å². The Balaban J connectivity index is 1.47. The van der Waals surface area contributed by atoms with Crippen molar-refractivity contribution in [2.75, 3.05) is 19.6 Å². The highest BCUT2D eigenvalue weighted by Crippen LogP contribution is 2.29. The SMILES string of the molecule is O=C(CCc1nc2ccccc2o1)N1CCNCC1c1ccccc1Cl. The molecule has 0 saturated carbocycles. The van der Waals surface area contributed by atoms with Crippen LogP contribution in [0.15, 0.2) is 52.9 Å². The zero-order chi connectivity index (χ0) is 17.9. The molecule has 1 aromatic heterocycles. The minimum Gasteiger partial charge on any atom is -0.441 e. The molecule has 1 fully saturated rings. The number of nitrogens with zero attached hydrogens (tertiary/aromatic N) is 2. The molecule has 0 aliphatic carbocycles. The van der Waals surface area contributed by atoms with Gasteiger partial charge in [0.25, 0.3) is 0 Å². The summed E-state index contributed by atoms with van der Waals surface area (Å²) in [5.41, 5.74) is 2.56. The maximum Gasteiger partial charge on any atom is 0.223 e. The van der Waals surface area contributed by atoms with Gasteiger partial charge in [-0.3, -0.25) is 4.79 Å². The fraction of sp³-hybridized carbons (Fsp3) is 0.300. The fourth-order valence-corrected chi connectivity index (χ4v) is 3.67. The zero-order valence-corrected chi connectivity index (χ0v) is 15.1. The van der Waals surface area contributed by atoms with Gasteiger partial charge in [0.1, 0.15) is 5.52 Å². The molecule has 1 amide bonds. The first-order valence-electron chi connectivity index (χ1n) is 8.81. The third-order valence-corrected chi connectivity index (χ3v) is 5.06. The van der Waals surface area contributed by atoms with Crippen molar-refractivity contribution in [3.8, 4) is 0 Å². The quantitative estimate of drug-likeness (QED) is 0.763. The van der Waals surface area contributed by atoms with Gasteiger partial charge in [0.2, 0.25) is 5.91 Å². The largest absolute Gasteiger partial charge is 0.441 e. The number of piperazine rings is 1. The lowest BCUT2D eigenvalue weighted by Gasteiger charge is -2.37. The predicted molar refractivity (Wildman–Crippen MR) is 101 cm³/mol. The Morgan fingerprint density at radius 3 is 2.88 bits per heavy atom. The maximum absolute atomic E-state index is 12.9. The number of oxazole rings is 1. The number of para-hydroxylation sites is 2. The molecule has 1 atom stereocenters. The standard InChI is InChI=1S/C20H20ClN3O2/c21-15-6-2-1-5-14(15)17-13-22-11-12-24(17)20(25)10-9-19-23-16-7-3-4-8-18(16)26-19/h1-8,17,22H,9-13H2. The summed E-state index contributed by atoms with van der Waals surface area (Å²) in [5, 5.41) is 4.05. The van der Waals surface area contributed by atoms with Crippen molar-refractivity contribution in [3.05, 3.63) is 65.0 Å². The second kappa shape index (κ2) is 7.48. The number of halogens is 1. The van der Waals surface area contributed by atoms with E-state index in [-0.39, 0.29) is 11.9 Å². The van der Waals surface area contributed by atoms with Crippen LogP contribution in [0.5, 0.6) is 0 Å². The van der Waals surface area contributed by atoms with E-state index in [0.717, 1.165) is 23.2 Å². The Hall–Kier alpha value is -2.37. The normalized spacial score (nSPS) is 17.6. The van der Waals surface area contributed by atoms with Crippen LogP contribution in [0.3, 0.4) is 0 Å². The summed E-state index contributed by atoms with van der Waals surface area (Å²) < 4.78 is 5.72. The van der Waals surface area contributed by atoms with E-state index in [2.05, 4.69) is 10.3 Å². The molecule has 0 radical (unpaired) electrons. The van der Waals surface area contributed by atoms with E-state index in [0.29, 0.717) is 36.8 Å². The van der Waals surface area contributed by atoms with Crippen molar-refractivity contribution < 1.29 is 9.21 Å². The van der Waals surface area contributed by atoms with Gasteiger partial charge in [-0.1, -0.05) is 41.9 Å². The second-order valence-electron chi connectivity index (χ2n) is 6.40. The number of aromatic nitrogens is 1. The van der Waals surface area contributed by atoms with Crippen LogP contribution >= 0.6 is 11.6 Å². The van der Waals surface area contributed by atoms with Gasteiger partial charge in [-0.2, -0.15) is 0 Å². The molecule has 1 saturated heterocycles. The molecule has 1 unspecified atom stereocenters. The third-order valence-electron chi connectivity index (χ3n) is 4.72. The van der Waals surface area contributed by atoms with Crippen molar-refractivity contribution in [1.29, 1.82) is 0 Å². The van der Waals surface area contributed by atoms with Crippen molar-refractivity contribution in [2.24, 2.45) is 0 Å². The number of hydrogen-bond acceptors (Lipinski definition) is 4. The van der Waals surface area contributed by atoms with Crippen LogP contribution in [0.1, 0.15) is 23.9 Å². The van der Waals surface area contributed by atoms with E-state index in [1.807, 2.05) is 53.4 Å². The third kappa shape index (κ3) is 3.45. The maximum atomic E-state index is 12.9. The van der Waals surface area contributed by atoms with Gasteiger partial charge in [-0.05, 0) is 23.8 Å². The summed E-state index contributed by atoms with van der Waals surface area (Å²) in [5.74, 6) is 0.697. The van der Waals surface area contributed by atoms with Crippen LogP contribution in [0.25, 0.3) is 11.1 Å². The summed E-state index contributed by atoms with van der Waals surface area (Å²) in [6, 6.07) is 15.3. The number of carbonyl (C=O) groups excluding carboxylic acids is 1. The summed E-state index contributed by atoms with van der Waals surface area (Å²) in [7, 11) is 0. The van der Waals surface area contributed by atoms with Gasteiger partial charge >= 0.3 is 0 Å². The van der Waals surface area contributed by atoms with Crippen molar-refractivity contribution in [3.63, 3.8) is 0 Å². The molecule has 5 nitrogen and oxygen atoms in total. The molecule has 26 heavy (non-hydrogen) atoms. The molecular weight excluding hydrogens is 350 g/mol. The van der Waals surface area contributed by atoms with Crippen LogP contribution in [0, 0.1) is 0 Å². The topological polar surface area (TPSA) is 58.4 Å². The summed E-state index contributed by atoms with van der Waals surface area (Å²) in [6.45, 7) is 2.16. The number of amides is 1. The molecule has 6 heteroatoms. The average molecular weight is 370 g/mol. The van der Waals surface area contributed by atoms with Gasteiger partial charge in [0, 0.05) is 37.5 Å². The second-order valence-corrected chi connectivity index (χ2v) is 6.81. The molecule has 1 aliphatic heterocycles. The lowest BCUT2D eigenvalue weighted by Crippen LogP contribution is -2.48.